The van der Waals surface area contributed by atoms with Crippen LogP contribution in [-0.2, 0) is 0 Å². The summed E-state index contributed by atoms with van der Waals surface area (Å²) in [5.41, 5.74) is 0.775. The number of aromatic nitrogens is 2. The second-order valence-electron chi connectivity index (χ2n) is 4.85. The molecule has 0 bridgehead atoms. The van der Waals surface area contributed by atoms with Gasteiger partial charge in [-0.05, 0) is 30.5 Å². The summed E-state index contributed by atoms with van der Waals surface area (Å²) >= 11 is 0. The molecule has 0 spiro atoms. The Morgan fingerprint density at radius 3 is 2.36 bits per heavy atom. The first-order valence-corrected chi connectivity index (χ1v) is 6.93. The van der Waals surface area contributed by atoms with Crippen molar-refractivity contribution in [2.75, 3.05) is 6.61 Å². The Morgan fingerprint density at radius 2 is 1.82 bits per heavy atom. The molecule has 7 heteroatoms. The van der Waals surface area contributed by atoms with Crippen LogP contribution in [0.3, 0.4) is 0 Å². The van der Waals surface area contributed by atoms with E-state index in [2.05, 4.69) is 23.8 Å². The quantitative estimate of drug-likeness (QED) is 0.597. The van der Waals surface area contributed by atoms with Gasteiger partial charge in [0, 0.05) is 0 Å². The van der Waals surface area contributed by atoms with Crippen molar-refractivity contribution < 1.29 is 14.4 Å². The molecule has 22 heavy (non-hydrogen) atoms. The Kier molecular flexibility index (Phi) is 4.88. The van der Waals surface area contributed by atoms with Gasteiger partial charge in [-0.3, -0.25) is 10.1 Å². The number of hydrogen-bond acceptors (Lipinski definition) is 6. The molecule has 0 saturated carbocycles. The molecule has 2 rings (SSSR count). The second-order valence-corrected chi connectivity index (χ2v) is 4.85. The van der Waals surface area contributed by atoms with E-state index in [1.54, 1.807) is 19.1 Å². The maximum absolute atomic E-state index is 11.2. The van der Waals surface area contributed by atoms with E-state index in [9.17, 15) is 10.1 Å². The molecular formula is C15H17N3O4. The summed E-state index contributed by atoms with van der Waals surface area (Å²) in [6.07, 6.45) is 1.18. The van der Waals surface area contributed by atoms with Crippen molar-refractivity contribution in [3.05, 3.63) is 46.3 Å². The number of hydrogen-bond donors (Lipinski definition) is 0. The summed E-state index contributed by atoms with van der Waals surface area (Å²) in [5.74, 6) is 0.623. The van der Waals surface area contributed by atoms with Gasteiger partial charge in [-0.15, -0.1) is 0 Å². The lowest BCUT2D eigenvalue weighted by Gasteiger charge is -2.09. The van der Waals surface area contributed by atoms with Gasteiger partial charge in [-0.2, -0.15) is 9.97 Å². The minimum absolute atomic E-state index is 0.101. The zero-order valence-corrected chi connectivity index (χ0v) is 12.6. The Labute approximate surface area is 128 Å². The summed E-state index contributed by atoms with van der Waals surface area (Å²) in [4.78, 5) is 18.2. The van der Waals surface area contributed by atoms with E-state index in [0.29, 0.717) is 11.7 Å². The summed E-state index contributed by atoms with van der Waals surface area (Å²) in [6, 6.07) is 7.33. The normalized spacial score (nSPS) is 10.5. The number of ether oxygens (including phenoxy) is 2. The maximum atomic E-state index is 11.2. The van der Waals surface area contributed by atoms with E-state index in [1.165, 1.54) is 6.33 Å². The SMILES string of the molecule is CCOc1ncnc(Oc2ccc(C(C)C)cc2)c1[N+](=O)[O-]. The van der Waals surface area contributed by atoms with E-state index < -0.39 is 4.92 Å². The highest BCUT2D eigenvalue weighted by molar-refractivity contribution is 5.50. The van der Waals surface area contributed by atoms with Crippen molar-refractivity contribution in [1.29, 1.82) is 0 Å². The van der Waals surface area contributed by atoms with E-state index >= 15 is 0 Å². The summed E-state index contributed by atoms with van der Waals surface area (Å²) in [5, 5.41) is 11.2. The highest BCUT2D eigenvalue weighted by atomic mass is 16.6. The fourth-order valence-corrected chi connectivity index (χ4v) is 1.85. The molecule has 1 heterocycles. The molecule has 0 fully saturated rings. The van der Waals surface area contributed by atoms with Gasteiger partial charge in [0.2, 0.25) is 0 Å². The highest BCUT2D eigenvalue weighted by Gasteiger charge is 2.26. The number of benzene rings is 1. The molecule has 0 aliphatic rings. The fourth-order valence-electron chi connectivity index (χ4n) is 1.85. The molecule has 0 radical (unpaired) electrons. The minimum atomic E-state index is -0.608. The first-order valence-electron chi connectivity index (χ1n) is 6.93. The van der Waals surface area contributed by atoms with Crippen LogP contribution in [0.15, 0.2) is 30.6 Å². The fraction of sp³-hybridized carbons (Fsp3) is 0.333. The van der Waals surface area contributed by atoms with E-state index in [4.69, 9.17) is 9.47 Å². The van der Waals surface area contributed by atoms with Crippen LogP contribution >= 0.6 is 0 Å². The van der Waals surface area contributed by atoms with Gasteiger partial charge in [0.15, 0.2) is 0 Å². The molecule has 0 aliphatic carbocycles. The maximum Gasteiger partial charge on any atom is 0.392 e. The molecule has 7 nitrogen and oxygen atoms in total. The molecule has 0 amide bonds. The molecule has 0 saturated heterocycles. The molecule has 2 aromatic rings. The predicted molar refractivity (Wildman–Crippen MR) is 80.5 cm³/mol. The number of rotatable bonds is 6. The summed E-state index contributed by atoms with van der Waals surface area (Å²) in [7, 11) is 0. The third-order valence-corrected chi connectivity index (χ3v) is 2.98. The average molecular weight is 303 g/mol. The molecular weight excluding hydrogens is 286 g/mol. The van der Waals surface area contributed by atoms with Gasteiger partial charge in [0.25, 0.3) is 0 Å². The van der Waals surface area contributed by atoms with E-state index in [-0.39, 0.29) is 24.1 Å². The van der Waals surface area contributed by atoms with Crippen LogP contribution in [0.5, 0.6) is 17.5 Å². The van der Waals surface area contributed by atoms with Crippen LogP contribution in [0.2, 0.25) is 0 Å². The smallest absolute Gasteiger partial charge is 0.392 e. The van der Waals surface area contributed by atoms with Crippen LogP contribution in [0, 0.1) is 10.1 Å². The molecule has 0 unspecified atom stereocenters. The largest absolute Gasteiger partial charge is 0.473 e. The molecule has 0 N–H and O–H groups in total. The lowest BCUT2D eigenvalue weighted by atomic mass is 10.0. The molecule has 116 valence electrons. The standard InChI is InChI=1S/C15H17N3O4/c1-4-21-14-13(18(19)20)15(17-9-16-14)22-12-7-5-11(6-8-12)10(2)3/h5-10H,4H2,1-3H3. The Balaban J connectivity index is 2.32. The van der Waals surface area contributed by atoms with E-state index in [0.717, 1.165) is 5.56 Å². The Morgan fingerprint density at radius 1 is 1.18 bits per heavy atom. The van der Waals surface area contributed by atoms with Gasteiger partial charge in [0.05, 0.1) is 11.5 Å². The third kappa shape index (κ3) is 3.49. The van der Waals surface area contributed by atoms with Gasteiger partial charge < -0.3 is 9.47 Å². The first-order chi connectivity index (χ1) is 10.5. The van der Waals surface area contributed by atoms with Crippen molar-refractivity contribution in [2.24, 2.45) is 0 Å². The highest BCUT2D eigenvalue weighted by Crippen LogP contribution is 2.35. The van der Waals surface area contributed by atoms with Crippen molar-refractivity contribution in [2.45, 2.75) is 26.7 Å². The Hall–Kier alpha value is -2.70. The number of nitro groups is 1. The molecule has 0 atom stereocenters. The minimum Gasteiger partial charge on any atom is -0.473 e. The summed E-state index contributed by atoms with van der Waals surface area (Å²) < 4.78 is 10.7. The summed E-state index contributed by atoms with van der Waals surface area (Å²) in [6.45, 7) is 6.15. The monoisotopic (exact) mass is 303 g/mol. The van der Waals surface area contributed by atoms with Crippen LogP contribution in [-0.4, -0.2) is 21.5 Å². The third-order valence-electron chi connectivity index (χ3n) is 2.98. The Bertz CT molecular complexity index is 656. The van der Waals surface area contributed by atoms with Gasteiger partial charge in [-0.25, -0.2) is 0 Å². The van der Waals surface area contributed by atoms with Gasteiger partial charge in [0.1, 0.15) is 12.1 Å². The first kappa shape index (κ1) is 15.7. The topological polar surface area (TPSA) is 87.4 Å². The van der Waals surface area contributed by atoms with Gasteiger partial charge in [-0.1, -0.05) is 26.0 Å². The molecule has 0 aliphatic heterocycles. The zero-order valence-electron chi connectivity index (χ0n) is 12.6. The molecule has 1 aromatic heterocycles. The van der Waals surface area contributed by atoms with Gasteiger partial charge >= 0.3 is 17.4 Å². The van der Waals surface area contributed by atoms with Crippen molar-refractivity contribution >= 4 is 5.69 Å². The van der Waals surface area contributed by atoms with Crippen molar-refractivity contribution in [3.63, 3.8) is 0 Å². The zero-order chi connectivity index (χ0) is 16.1. The van der Waals surface area contributed by atoms with E-state index in [1.807, 2.05) is 12.1 Å². The average Bonchev–Trinajstić information content (AvgIpc) is 2.48. The van der Waals surface area contributed by atoms with Crippen LogP contribution < -0.4 is 9.47 Å². The lowest BCUT2D eigenvalue weighted by Crippen LogP contribution is -2.03. The van der Waals surface area contributed by atoms with Crippen molar-refractivity contribution in [1.82, 2.24) is 9.97 Å². The van der Waals surface area contributed by atoms with Crippen LogP contribution in [0.4, 0.5) is 5.69 Å². The van der Waals surface area contributed by atoms with Crippen LogP contribution in [0.25, 0.3) is 0 Å². The second kappa shape index (κ2) is 6.84. The number of nitrogens with zero attached hydrogens (tertiary/aromatic N) is 3. The molecule has 1 aromatic carbocycles. The lowest BCUT2D eigenvalue weighted by molar-refractivity contribution is -0.387. The van der Waals surface area contributed by atoms with Crippen LogP contribution in [0.1, 0.15) is 32.3 Å². The van der Waals surface area contributed by atoms with Crippen molar-refractivity contribution in [3.8, 4) is 17.5 Å². The predicted octanol–water partition coefficient (Wildman–Crippen LogP) is 3.70.